The minimum Gasteiger partial charge on any atom is -0.325 e. The van der Waals surface area contributed by atoms with Crippen molar-refractivity contribution < 1.29 is 18.0 Å². The van der Waals surface area contributed by atoms with Gasteiger partial charge in [-0.1, -0.05) is 17.7 Å². The maximum absolute atomic E-state index is 12.8. The van der Waals surface area contributed by atoms with E-state index in [1.807, 2.05) is 24.8 Å². The lowest BCUT2D eigenvalue weighted by Crippen LogP contribution is -2.36. The fourth-order valence-electron chi connectivity index (χ4n) is 3.94. The molecule has 4 rings (SSSR count). The second-order valence-electron chi connectivity index (χ2n) is 8.43. The van der Waals surface area contributed by atoms with Gasteiger partial charge in [-0.2, -0.15) is 0 Å². The Kier molecular flexibility index (Phi) is 5.83. The van der Waals surface area contributed by atoms with Gasteiger partial charge in [-0.15, -0.1) is 0 Å². The van der Waals surface area contributed by atoms with Crippen LogP contribution in [0, 0.1) is 12.8 Å². The first-order chi connectivity index (χ1) is 14.7. The number of hydrogen-bond acceptors (Lipinski definition) is 4. The summed E-state index contributed by atoms with van der Waals surface area (Å²) in [6.07, 6.45) is 2.31. The third-order valence-corrected chi connectivity index (χ3v) is 7.81. The molecule has 8 heteroatoms. The highest BCUT2D eigenvalue weighted by molar-refractivity contribution is 7.91. The molecule has 0 spiro atoms. The van der Waals surface area contributed by atoms with E-state index < -0.39 is 15.7 Å². The van der Waals surface area contributed by atoms with Crippen LogP contribution in [0.2, 0.25) is 5.02 Å². The number of fused-ring (bicyclic) bond motifs is 1. The molecule has 1 N–H and O–H groups in total. The lowest BCUT2D eigenvalue weighted by molar-refractivity contribution is -0.120. The first kappa shape index (κ1) is 21.8. The van der Waals surface area contributed by atoms with Crippen LogP contribution in [0.25, 0.3) is 0 Å². The van der Waals surface area contributed by atoms with E-state index in [9.17, 15) is 18.0 Å². The molecule has 164 valence electrons. The summed E-state index contributed by atoms with van der Waals surface area (Å²) < 4.78 is 25.7. The lowest BCUT2D eigenvalue weighted by atomic mass is 10.1. The van der Waals surface area contributed by atoms with Crippen LogP contribution in [0.1, 0.15) is 37.3 Å². The van der Waals surface area contributed by atoms with E-state index in [-0.39, 0.29) is 34.9 Å². The summed E-state index contributed by atoms with van der Waals surface area (Å²) in [4.78, 5) is 26.8. The highest BCUT2D eigenvalue weighted by Gasteiger charge is 2.39. The molecule has 1 fully saturated rings. The van der Waals surface area contributed by atoms with Gasteiger partial charge in [0.2, 0.25) is 11.8 Å². The lowest BCUT2D eigenvalue weighted by Gasteiger charge is -2.22. The van der Waals surface area contributed by atoms with Crippen LogP contribution in [-0.4, -0.2) is 32.0 Å². The molecular weight excluding hydrogens is 436 g/mol. The molecule has 1 saturated carbocycles. The summed E-state index contributed by atoms with van der Waals surface area (Å²) >= 11 is 6.12. The fourth-order valence-corrected chi connectivity index (χ4v) is 5.51. The summed E-state index contributed by atoms with van der Waals surface area (Å²) in [7, 11) is -3.64. The minimum atomic E-state index is -3.64. The first-order valence-electron chi connectivity index (χ1n) is 10.4. The molecule has 1 heterocycles. The Hall–Kier alpha value is -2.38. The van der Waals surface area contributed by atoms with E-state index >= 15 is 0 Å². The Morgan fingerprint density at radius 3 is 2.58 bits per heavy atom. The van der Waals surface area contributed by atoms with Crippen molar-refractivity contribution in [1.29, 1.82) is 0 Å². The molecule has 2 amide bonds. The average Bonchev–Trinajstić information content (AvgIpc) is 3.50. The van der Waals surface area contributed by atoms with Gasteiger partial charge in [-0.05, 0) is 74.6 Å². The van der Waals surface area contributed by atoms with Crippen LogP contribution >= 0.6 is 11.6 Å². The Morgan fingerprint density at radius 2 is 1.90 bits per heavy atom. The van der Waals surface area contributed by atoms with Crippen molar-refractivity contribution in [3.63, 3.8) is 0 Å². The number of rotatable bonds is 6. The third kappa shape index (κ3) is 4.62. The zero-order chi connectivity index (χ0) is 22.3. The number of carbonyl (C=O) groups excluding carboxylic acids is 2. The Balaban J connectivity index is 1.44. The van der Waals surface area contributed by atoms with E-state index in [4.69, 9.17) is 11.6 Å². The third-order valence-electron chi connectivity index (χ3n) is 5.79. The number of anilines is 2. The van der Waals surface area contributed by atoms with Crippen molar-refractivity contribution in [2.24, 2.45) is 5.92 Å². The van der Waals surface area contributed by atoms with Crippen LogP contribution in [-0.2, 0) is 25.8 Å². The standard InChI is InChI=1S/C23H25ClN2O4S/c1-14-3-7-20(19(24)11-14)25-22(27)9-10-31(29,30)18-6-8-21-17(13-18)12-15(2)26(21)23(28)16-4-5-16/h3,6-8,11,13,15-16H,4-5,9-10,12H2,1-2H3,(H,25,27). The highest BCUT2D eigenvalue weighted by atomic mass is 35.5. The molecule has 1 unspecified atom stereocenters. The van der Waals surface area contributed by atoms with Gasteiger partial charge in [0.25, 0.3) is 0 Å². The summed E-state index contributed by atoms with van der Waals surface area (Å²) in [6.45, 7) is 3.87. The fraction of sp³-hybridized carbons (Fsp3) is 0.391. The second-order valence-corrected chi connectivity index (χ2v) is 10.9. The maximum atomic E-state index is 12.8. The van der Waals surface area contributed by atoms with Crippen molar-refractivity contribution in [1.82, 2.24) is 0 Å². The summed E-state index contributed by atoms with van der Waals surface area (Å²) in [5.74, 6) is -0.475. The topological polar surface area (TPSA) is 83.6 Å². The molecule has 0 aromatic heterocycles. The molecule has 0 radical (unpaired) electrons. The molecule has 1 atom stereocenters. The van der Waals surface area contributed by atoms with Gasteiger partial charge in [-0.3, -0.25) is 9.59 Å². The van der Waals surface area contributed by atoms with Crippen LogP contribution in [0.15, 0.2) is 41.3 Å². The average molecular weight is 461 g/mol. The van der Waals surface area contributed by atoms with Crippen LogP contribution in [0.5, 0.6) is 0 Å². The van der Waals surface area contributed by atoms with Crippen LogP contribution < -0.4 is 10.2 Å². The maximum Gasteiger partial charge on any atom is 0.230 e. The van der Waals surface area contributed by atoms with Crippen molar-refractivity contribution in [2.45, 2.75) is 50.5 Å². The largest absolute Gasteiger partial charge is 0.325 e. The Labute approximate surface area is 187 Å². The quantitative estimate of drug-likeness (QED) is 0.702. The van der Waals surface area contributed by atoms with Crippen molar-refractivity contribution in [3.05, 3.63) is 52.5 Å². The number of nitrogens with zero attached hydrogens (tertiary/aromatic N) is 1. The molecule has 0 bridgehead atoms. The van der Waals surface area contributed by atoms with Crippen LogP contribution in [0.3, 0.4) is 0 Å². The monoisotopic (exact) mass is 460 g/mol. The zero-order valence-corrected chi connectivity index (χ0v) is 19.1. The molecule has 6 nitrogen and oxygen atoms in total. The van der Waals surface area contributed by atoms with Crippen molar-refractivity contribution in [3.8, 4) is 0 Å². The molecule has 2 aliphatic rings. The van der Waals surface area contributed by atoms with Crippen molar-refractivity contribution >= 4 is 44.6 Å². The number of nitrogens with one attached hydrogen (secondary N) is 1. The highest BCUT2D eigenvalue weighted by Crippen LogP contribution is 2.39. The SMILES string of the molecule is Cc1ccc(NC(=O)CCS(=O)(=O)c2ccc3c(c2)CC(C)N3C(=O)C2CC2)c(Cl)c1. The molecule has 1 aliphatic carbocycles. The number of sulfone groups is 1. The predicted molar refractivity (Wildman–Crippen MR) is 121 cm³/mol. The summed E-state index contributed by atoms with van der Waals surface area (Å²) in [5.41, 5.74) is 3.09. The molecule has 2 aromatic rings. The van der Waals surface area contributed by atoms with E-state index in [1.54, 1.807) is 24.3 Å². The van der Waals surface area contributed by atoms with E-state index in [0.29, 0.717) is 17.1 Å². The smallest absolute Gasteiger partial charge is 0.230 e. The molecule has 31 heavy (non-hydrogen) atoms. The Bertz CT molecular complexity index is 1160. The van der Waals surface area contributed by atoms with Gasteiger partial charge in [-0.25, -0.2) is 8.42 Å². The van der Waals surface area contributed by atoms with Crippen molar-refractivity contribution in [2.75, 3.05) is 16.0 Å². The normalized spacial score (nSPS) is 18.0. The van der Waals surface area contributed by atoms with E-state index in [1.165, 1.54) is 6.07 Å². The summed E-state index contributed by atoms with van der Waals surface area (Å²) in [6, 6.07) is 10.2. The van der Waals surface area contributed by atoms with Gasteiger partial charge >= 0.3 is 0 Å². The first-order valence-corrected chi connectivity index (χ1v) is 12.4. The number of hydrogen-bond donors (Lipinski definition) is 1. The minimum absolute atomic E-state index is 0.0195. The van der Waals surface area contributed by atoms with Gasteiger partial charge in [0.05, 0.1) is 21.4 Å². The second kappa shape index (κ2) is 8.28. The Morgan fingerprint density at radius 1 is 1.16 bits per heavy atom. The molecular formula is C23H25ClN2O4S. The number of benzene rings is 2. The van der Waals surface area contributed by atoms with Gasteiger partial charge in [0.15, 0.2) is 9.84 Å². The molecule has 0 saturated heterocycles. The van der Waals surface area contributed by atoms with Crippen LogP contribution in [0.4, 0.5) is 11.4 Å². The van der Waals surface area contributed by atoms with Gasteiger partial charge in [0.1, 0.15) is 0 Å². The summed E-state index contributed by atoms with van der Waals surface area (Å²) in [5, 5.41) is 3.08. The van der Waals surface area contributed by atoms with Gasteiger partial charge < -0.3 is 10.2 Å². The molecule has 2 aromatic carbocycles. The number of halogens is 1. The number of amides is 2. The zero-order valence-electron chi connectivity index (χ0n) is 17.5. The van der Waals surface area contributed by atoms with E-state index in [0.717, 1.165) is 29.7 Å². The molecule has 1 aliphatic heterocycles. The number of aryl methyl sites for hydroxylation is 1. The predicted octanol–water partition coefficient (Wildman–Crippen LogP) is 4.14. The van der Waals surface area contributed by atoms with E-state index in [2.05, 4.69) is 5.32 Å². The van der Waals surface area contributed by atoms with Gasteiger partial charge in [0, 0.05) is 24.1 Å². The number of carbonyl (C=O) groups is 2.